The minimum Gasteiger partial charge on any atom is -0.390 e. The van der Waals surface area contributed by atoms with Crippen molar-refractivity contribution in [2.24, 2.45) is 0 Å². The molecule has 5 nitrogen and oxygen atoms in total. The normalized spacial score (nSPS) is 12.6. The lowest BCUT2D eigenvalue weighted by molar-refractivity contribution is 0.146. The van der Waals surface area contributed by atoms with Crippen LogP contribution in [-0.2, 0) is 13.1 Å². The summed E-state index contributed by atoms with van der Waals surface area (Å²) in [6.07, 6.45) is 4.88. The van der Waals surface area contributed by atoms with Crippen LogP contribution in [0.25, 0.3) is 0 Å². The van der Waals surface area contributed by atoms with Crippen molar-refractivity contribution < 1.29 is 5.11 Å². The molecule has 96 valence electrons. The number of nitrogens with one attached hydrogen (secondary N) is 1. The van der Waals surface area contributed by atoms with Gasteiger partial charge in [0.1, 0.15) is 0 Å². The number of hydrogen-bond donors (Lipinski definition) is 2. The van der Waals surface area contributed by atoms with Gasteiger partial charge in [-0.05, 0) is 24.6 Å². The van der Waals surface area contributed by atoms with Crippen molar-refractivity contribution in [3.05, 3.63) is 48.0 Å². The molecule has 0 spiro atoms. The van der Waals surface area contributed by atoms with E-state index in [0.717, 1.165) is 11.3 Å². The Labute approximate surface area is 106 Å². The summed E-state index contributed by atoms with van der Waals surface area (Å²) < 4.78 is 1.72. The fraction of sp³-hybridized carbons (Fsp3) is 0.385. The average molecular weight is 246 g/mol. The largest absolute Gasteiger partial charge is 0.390 e. The Kier molecular flexibility index (Phi) is 4.44. The van der Waals surface area contributed by atoms with Crippen molar-refractivity contribution in [3.63, 3.8) is 0 Å². The Hall–Kier alpha value is -1.72. The first-order chi connectivity index (χ1) is 8.75. The molecule has 2 heterocycles. The number of hydrogen-bond acceptors (Lipinski definition) is 4. The number of pyridine rings is 1. The molecular formula is C13H18N4O. The zero-order valence-corrected chi connectivity index (χ0v) is 10.5. The van der Waals surface area contributed by atoms with Gasteiger partial charge in [-0.15, -0.1) is 0 Å². The first-order valence-corrected chi connectivity index (χ1v) is 6.02. The maximum Gasteiger partial charge on any atom is 0.0860 e. The fourth-order valence-corrected chi connectivity index (χ4v) is 1.75. The lowest BCUT2D eigenvalue weighted by atomic mass is 10.2. The van der Waals surface area contributed by atoms with Crippen molar-refractivity contribution in [3.8, 4) is 0 Å². The highest BCUT2D eigenvalue weighted by molar-refractivity contribution is 5.17. The molecule has 0 bridgehead atoms. The van der Waals surface area contributed by atoms with Gasteiger partial charge in [-0.3, -0.25) is 9.67 Å². The summed E-state index contributed by atoms with van der Waals surface area (Å²) in [6.45, 7) is 3.73. The van der Waals surface area contributed by atoms with Crippen LogP contribution in [0, 0.1) is 6.92 Å². The summed E-state index contributed by atoms with van der Waals surface area (Å²) in [5.41, 5.74) is 2.18. The first-order valence-electron chi connectivity index (χ1n) is 6.02. The van der Waals surface area contributed by atoms with Crippen LogP contribution < -0.4 is 5.32 Å². The molecule has 2 rings (SSSR count). The lowest BCUT2D eigenvalue weighted by Gasteiger charge is -2.12. The molecule has 0 aliphatic carbocycles. The van der Waals surface area contributed by atoms with E-state index in [1.54, 1.807) is 17.1 Å². The molecule has 0 aromatic carbocycles. The highest BCUT2D eigenvalue weighted by atomic mass is 16.3. The van der Waals surface area contributed by atoms with Crippen LogP contribution in [-0.4, -0.2) is 32.5 Å². The summed E-state index contributed by atoms with van der Waals surface area (Å²) in [4.78, 5) is 4.29. The van der Waals surface area contributed by atoms with Gasteiger partial charge in [-0.1, -0.05) is 6.07 Å². The highest BCUT2D eigenvalue weighted by Crippen LogP contribution is 2.02. The Morgan fingerprint density at radius 3 is 3.00 bits per heavy atom. The van der Waals surface area contributed by atoms with Crippen LogP contribution in [0.1, 0.15) is 11.3 Å². The van der Waals surface area contributed by atoms with Gasteiger partial charge < -0.3 is 10.4 Å². The second kappa shape index (κ2) is 6.28. The smallest absolute Gasteiger partial charge is 0.0860 e. The van der Waals surface area contributed by atoms with Crippen molar-refractivity contribution in [1.82, 2.24) is 20.1 Å². The molecule has 2 aromatic heterocycles. The van der Waals surface area contributed by atoms with Gasteiger partial charge >= 0.3 is 0 Å². The number of aryl methyl sites for hydroxylation is 1. The molecule has 5 heteroatoms. The summed E-state index contributed by atoms with van der Waals surface area (Å²) in [5.74, 6) is 0. The average Bonchev–Trinajstić information content (AvgIpc) is 2.84. The Morgan fingerprint density at radius 2 is 2.28 bits per heavy atom. The molecular weight excluding hydrogens is 228 g/mol. The van der Waals surface area contributed by atoms with Crippen LogP contribution in [0.2, 0.25) is 0 Å². The van der Waals surface area contributed by atoms with Crippen LogP contribution >= 0.6 is 0 Å². The standard InChI is InChI=1S/C13H18N4O/c1-11-4-2-5-15-13(11)9-14-8-12(18)10-17-7-3-6-16-17/h2-7,12,14,18H,8-10H2,1H3. The second-order valence-electron chi connectivity index (χ2n) is 4.28. The molecule has 0 saturated carbocycles. The molecule has 2 aromatic rings. The van der Waals surface area contributed by atoms with Crippen LogP contribution in [0.4, 0.5) is 0 Å². The number of aliphatic hydroxyl groups is 1. The topological polar surface area (TPSA) is 63.0 Å². The predicted octanol–water partition coefficient (Wildman–Crippen LogP) is 0.737. The molecule has 0 radical (unpaired) electrons. The van der Waals surface area contributed by atoms with Crippen molar-refractivity contribution in [2.75, 3.05) is 6.54 Å². The maximum atomic E-state index is 9.82. The molecule has 0 aliphatic rings. The predicted molar refractivity (Wildman–Crippen MR) is 68.9 cm³/mol. The monoisotopic (exact) mass is 246 g/mol. The van der Waals surface area contributed by atoms with Gasteiger partial charge in [0, 0.05) is 31.7 Å². The minimum atomic E-state index is -0.450. The van der Waals surface area contributed by atoms with Crippen LogP contribution in [0.5, 0.6) is 0 Å². The van der Waals surface area contributed by atoms with E-state index in [-0.39, 0.29) is 0 Å². The summed E-state index contributed by atoms with van der Waals surface area (Å²) >= 11 is 0. The van der Waals surface area contributed by atoms with E-state index in [9.17, 15) is 5.11 Å². The van der Waals surface area contributed by atoms with E-state index < -0.39 is 6.10 Å². The number of nitrogens with zero attached hydrogens (tertiary/aromatic N) is 3. The van der Waals surface area contributed by atoms with E-state index in [2.05, 4.69) is 15.4 Å². The molecule has 0 amide bonds. The van der Waals surface area contributed by atoms with E-state index in [0.29, 0.717) is 19.6 Å². The van der Waals surface area contributed by atoms with Crippen LogP contribution in [0.3, 0.4) is 0 Å². The van der Waals surface area contributed by atoms with Gasteiger partial charge in [0.2, 0.25) is 0 Å². The number of aromatic nitrogens is 3. The van der Waals surface area contributed by atoms with E-state index in [1.807, 2.05) is 31.3 Å². The quantitative estimate of drug-likeness (QED) is 0.789. The van der Waals surface area contributed by atoms with Crippen molar-refractivity contribution in [2.45, 2.75) is 26.1 Å². The van der Waals surface area contributed by atoms with E-state index in [1.165, 1.54) is 0 Å². The van der Waals surface area contributed by atoms with Crippen molar-refractivity contribution >= 4 is 0 Å². The molecule has 1 unspecified atom stereocenters. The third-order valence-corrected chi connectivity index (χ3v) is 2.75. The zero-order chi connectivity index (χ0) is 12.8. The number of rotatable bonds is 6. The van der Waals surface area contributed by atoms with Gasteiger partial charge in [-0.25, -0.2) is 0 Å². The lowest BCUT2D eigenvalue weighted by Crippen LogP contribution is -2.30. The third kappa shape index (κ3) is 3.65. The Morgan fingerprint density at radius 1 is 1.39 bits per heavy atom. The third-order valence-electron chi connectivity index (χ3n) is 2.75. The SMILES string of the molecule is Cc1cccnc1CNCC(O)Cn1cccn1. The summed E-state index contributed by atoms with van der Waals surface area (Å²) in [5, 5.41) is 17.1. The van der Waals surface area contributed by atoms with E-state index >= 15 is 0 Å². The first kappa shape index (κ1) is 12.7. The summed E-state index contributed by atoms with van der Waals surface area (Å²) in [7, 11) is 0. The molecule has 0 aliphatic heterocycles. The molecule has 0 fully saturated rings. The minimum absolute atomic E-state index is 0.450. The van der Waals surface area contributed by atoms with Gasteiger partial charge in [-0.2, -0.15) is 5.10 Å². The van der Waals surface area contributed by atoms with Crippen molar-refractivity contribution in [1.29, 1.82) is 0 Å². The highest BCUT2D eigenvalue weighted by Gasteiger charge is 2.05. The number of aliphatic hydroxyl groups excluding tert-OH is 1. The van der Waals surface area contributed by atoms with Gasteiger partial charge in [0.25, 0.3) is 0 Å². The maximum absolute atomic E-state index is 9.82. The zero-order valence-electron chi connectivity index (χ0n) is 10.5. The summed E-state index contributed by atoms with van der Waals surface area (Å²) in [6, 6.07) is 5.80. The molecule has 1 atom stereocenters. The molecule has 2 N–H and O–H groups in total. The van der Waals surface area contributed by atoms with E-state index in [4.69, 9.17) is 0 Å². The molecule has 18 heavy (non-hydrogen) atoms. The fourth-order valence-electron chi connectivity index (χ4n) is 1.75. The second-order valence-corrected chi connectivity index (χ2v) is 4.28. The van der Waals surface area contributed by atoms with Crippen LogP contribution in [0.15, 0.2) is 36.8 Å². The Bertz CT molecular complexity index is 470. The molecule has 0 saturated heterocycles. The Balaban J connectivity index is 1.74. The van der Waals surface area contributed by atoms with Gasteiger partial charge in [0.15, 0.2) is 0 Å². The van der Waals surface area contributed by atoms with Gasteiger partial charge in [0.05, 0.1) is 18.3 Å².